The lowest BCUT2D eigenvalue weighted by molar-refractivity contribution is -0.114. The van der Waals surface area contributed by atoms with Gasteiger partial charge in [0.25, 0.3) is 5.91 Å². The van der Waals surface area contributed by atoms with Crippen LogP contribution in [0.15, 0.2) is 91.5 Å². The minimum absolute atomic E-state index is 0.0696. The van der Waals surface area contributed by atoms with Crippen molar-refractivity contribution in [3.05, 3.63) is 103 Å². The van der Waals surface area contributed by atoms with Crippen molar-refractivity contribution in [2.24, 2.45) is 0 Å². The van der Waals surface area contributed by atoms with E-state index in [1.807, 2.05) is 43.3 Å². The van der Waals surface area contributed by atoms with Crippen LogP contribution in [-0.2, 0) is 4.79 Å². The van der Waals surface area contributed by atoms with E-state index in [0.717, 1.165) is 5.56 Å². The first-order valence-electron chi connectivity index (χ1n) is 10.4. The molecule has 1 atom stereocenters. The third kappa shape index (κ3) is 6.74. The van der Waals surface area contributed by atoms with Crippen molar-refractivity contribution in [2.45, 2.75) is 13.0 Å². The Morgan fingerprint density at radius 3 is 2.44 bits per heavy atom. The lowest BCUT2D eigenvalue weighted by Crippen LogP contribution is -2.26. The Balaban J connectivity index is 1.51. The molecule has 0 radical (unpaired) electrons. The largest absolute Gasteiger partial charge is 0.490 e. The number of benzene rings is 3. The summed E-state index contributed by atoms with van der Waals surface area (Å²) in [5.74, 6) is 0.336. The summed E-state index contributed by atoms with van der Waals surface area (Å²) in [4.78, 5) is 24.9. The molecular weight excluding hydrogens is 402 g/mol. The molecule has 6 nitrogen and oxygen atoms in total. The highest BCUT2D eigenvalue weighted by Gasteiger charge is 2.12. The van der Waals surface area contributed by atoms with Crippen LogP contribution in [0.3, 0.4) is 0 Å². The highest BCUT2D eigenvalue weighted by atomic mass is 16.5. The Kier molecular flexibility index (Phi) is 8.03. The van der Waals surface area contributed by atoms with Crippen LogP contribution in [0.1, 0.15) is 28.9 Å². The van der Waals surface area contributed by atoms with Crippen LogP contribution in [0.25, 0.3) is 0 Å². The summed E-state index contributed by atoms with van der Waals surface area (Å²) in [5.41, 5.74) is 2.92. The van der Waals surface area contributed by atoms with E-state index >= 15 is 0 Å². The average molecular weight is 430 g/mol. The Morgan fingerprint density at radius 1 is 0.969 bits per heavy atom. The van der Waals surface area contributed by atoms with E-state index in [9.17, 15) is 9.59 Å². The van der Waals surface area contributed by atoms with E-state index < -0.39 is 0 Å². The molecule has 2 amide bonds. The van der Waals surface area contributed by atoms with Crippen LogP contribution in [0.5, 0.6) is 5.75 Å². The molecule has 0 aliphatic carbocycles. The molecule has 32 heavy (non-hydrogen) atoms. The van der Waals surface area contributed by atoms with Crippen LogP contribution >= 0.6 is 0 Å². The average Bonchev–Trinajstić information content (AvgIpc) is 2.83. The van der Waals surface area contributed by atoms with E-state index in [4.69, 9.17) is 4.74 Å². The number of hydrogen-bond acceptors (Lipinski definition) is 4. The maximum atomic E-state index is 12.6. The summed E-state index contributed by atoms with van der Waals surface area (Å²) < 4.78 is 5.42. The van der Waals surface area contributed by atoms with Crippen molar-refractivity contribution < 1.29 is 14.3 Å². The van der Waals surface area contributed by atoms with Gasteiger partial charge in [-0.2, -0.15) is 0 Å². The molecule has 3 aromatic carbocycles. The molecule has 1 unspecified atom stereocenters. The van der Waals surface area contributed by atoms with Gasteiger partial charge in [-0.3, -0.25) is 9.59 Å². The molecule has 0 aromatic heterocycles. The highest BCUT2D eigenvalue weighted by molar-refractivity contribution is 5.96. The molecule has 3 aromatic rings. The number of hydrogen-bond donors (Lipinski definition) is 3. The molecule has 0 fully saturated rings. The third-order valence-electron chi connectivity index (χ3n) is 4.73. The van der Waals surface area contributed by atoms with Gasteiger partial charge in [0.15, 0.2) is 0 Å². The van der Waals surface area contributed by atoms with Crippen molar-refractivity contribution in [1.29, 1.82) is 0 Å². The molecule has 0 saturated heterocycles. The Hall–Kier alpha value is -4.06. The standard InChI is InChI=1S/C26H27N3O3/c1-3-16-32-24-14-12-22(13-15-24)29-25(30)18-27-23-11-7-10-21(17-23)26(31)28-19(2)20-8-5-4-6-9-20/h3-15,17,19,27H,1,16,18H2,2H3,(H,28,31)(H,29,30). The molecule has 0 heterocycles. The second-order valence-corrected chi connectivity index (χ2v) is 7.21. The van der Waals surface area contributed by atoms with Crippen LogP contribution in [0.4, 0.5) is 11.4 Å². The zero-order valence-corrected chi connectivity index (χ0v) is 18.0. The van der Waals surface area contributed by atoms with Crippen LogP contribution in [0.2, 0.25) is 0 Å². The Labute approximate surface area is 188 Å². The van der Waals surface area contributed by atoms with Gasteiger partial charge in [-0.25, -0.2) is 0 Å². The number of rotatable bonds is 10. The van der Waals surface area contributed by atoms with Crippen LogP contribution in [0, 0.1) is 0 Å². The van der Waals surface area contributed by atoms with Gasteiger partial charge in [0, 0.05) is 16.9 Å². The lowest BCUT2D eigenvalue weighted by atomic mass is 10.1. The minimum Gasteiger partial charge on any atom is -0.490 e. The first-order chi connectivity index (χ1) is 15.5. The molecule has 0 saturated carbocycles. The molecule has 6 heteroatoms. The topological polar surface area (TPSA) is 79.5 Å². The minimum atomic E-state index is -0.197. The van der Waals surface area contributed by atoms with Gasteiger partial charge in [0.1, 0.15) is 12.4 Å². The van der Waals surface area contributed by atoms with Crippen molar-refractivity contribution in [1.82, 2.24) is 5.32 Å². The smallest absolute Gasteiger partial charge is 0.251 e. The summed E-state index contributed by atoms with van der Waals surface area (Å²) >= 11 is 0. The fraction of sp³-hybridized carbons (Fsp3) is 0.154. The van der Waals surface area contributed by atoms with Gasteiger partial charge < -0.3 is 20.7 Å². The molecule has 0 bridgehead atoms. The van der Waals surface area contributed by atoms with Gasteiger partial charge >= 0.3 is 0 Å². The normalized spacial score (nSPS) is 11.2. The van der Waals surface area contributed by atoms with E-state index in [-0.39, 0.29) is 24.4 Å². The second kappa shape index (κ2) is 11.4. The SMILES string of the molecule is C=CCOc1ccc(NC(=O)CNc2cccc(C(=O)NC(C)c3ccccc3)c2)cc1. The molecule has 0 aliphatic rings. The molecule has 3 rings (SSSR count). The second-order valence-electron chi connectivity index (χ2n) is 7.21. The van der Waals surface area contributed by atoms with Crippen molar-refractivity contribution in [3.63, 3.8) is 0 Å². The van der Waals surface area contributed by atoms with Gasteiger partial charge in [-0.15, -0.1) is 0 Å². The summed E-state index contributed by atoms with van der Waals surface area (Å²) in [6, 6.07) is 23.8. The zero-order valence-electron chi connectivity index (χ0n) is 18.0. The van der Waals surface area contributed by atoms with Gasteiger partial charge in [-0.1, -0.05) is 49.1 Å². The molecule has 0 aliphatic heterocycles. The predicted molar refractivity (Wildman–Crippen MR) is 128 cm³/mol. The number of ether oxygens (including phenoxy) is 1. The highest BCUT2D eigenvalue weighted by Crippen LogP contribution is 2.17. The predicted octanol–water partition coefficient (Wildman–Crippen LogP) is 4.79. The van der Waals surface area contributed by atoms with Gasteiger partial charge in [0.2, 0.25) is 5.91 Å². The zero-order chi connectivity index (χ0) is 22.8. The van der Waals surface area contributed by atoms with Crippen molar-refractivity contribution in [2.75, 3.05) is 23.8 Å². The monoisotopic (exact) mass is 429 g/mol. The fourth-order valence-electron chi connectivity index (χ4n) is 3.05. The van der Waals surface area contributed by atoms with Crippen molar-refractivity contribution in [3.8, 4) is 5.75 Å². The third-order valence-corrected chi connectivity index (χ3v) is 4.73. The Bertz CT molecular complexity index is 1050. The van der Waals surface area contributed by atoms with Crippen LogP contribution in [-0.4, -0.2) is 25.0 Å². The molecule has 0 spiro atoms. The maximum Gasteiger partial charge on any atom is 0.251 e. The molecule has 164 valence electrons. The lowest BCUT2D eigenvalue weighted by Gasteiger charge is -2.15. The summed E-state index contributed by atoms with van der Waals surface area (Å²) in [7, 11) is 0. The quantitative estimate of drug-likeness (QED) is 0.405. The summed E-state index contributed by atoms with van der Waals surface area (Å²) in [5, 5.41) is 8.87. The van der Waals surface area contributed by atoms with E-state index in [2.05, 4.69) is 22.5 Å². The van der Waals surface area contributed by atoms with E-state index in [1.165, 1.54) is 0 Å². The van der Waals surface area contributed by atoms with E-state index in [1.54, 1.807) is 48.5 Å². The van der Waals surface area contributed by atoms with Crippen molar-refractivity contribution >= 4 is 23.2 Å². The first-order valence-corrected chi connectivity index (χ1v) is 10.4. The van der Waals surface area contributed by atoms with E-state index in [0.29, 0.717) is 29.3 Å². The van der Waals surface area contributed by atoms with Crippen LogP contribution < -0.4 is 20.7 Å². The number of carbonyl (C=O) groups is 2. The molecular formula is C26H27N3O3. The maximum absolute atomic E-state index is 12.6. The number of carbonyl (C=O) groups excluding carboxylic acids is 2. The summed E-state index contributed by atoms with van der Waals surface area (Å²) in [6.07, 6.45) is 1.67. The molecule has 3 N–H and O–H groups in total. The Morgan fingerprint density at radius 2 is 1.72 bits per heavy atom. The van der Waals surface area contributed by atoms with Gasteiger partial charge in [-0.05, 0) is 55.0 Å². The number of amides is 2. The van der Waals surface area contributed by atoms with Gasteiger partial charge in [0.05, 0.1) is 12.6 Å². The number of anilines is 2. The first kappa shape index (κ1) is 22.6. The summed E-state index contributed by atoms with van der Waals surface area (Å²) in [6.45, 7) is 6.05. The fourth-order valence-corrected chi connectivity index (χ4v) is 3.05. The number of nitrogens with one attached hydrogen (secondary N) is 3.